The van der Waals surface area contributed by atoms with E-state index in [2.05, 4.69) is 5.10 Å². The molecule has 2 heterocycles. The van der Waals surface area contributed by atoms with Gasteiger partial charge in [0.15, 0.2) is 11.6 Å². The number of benzene rings is 2. The molecule has 0 fully saturated rings. The molecule has 5 nitrogen and oxygen atoms in total. The average Bonchev–Trinajstić information content (AvgIpc) is 2.91. The first kappa shape index (κ1) is 19.1. The van der Waals surface area contributed by atoms with Crippen LogP contribution in [-0.4, -0.2) is 40.8 Å². The smallest absolute Gasteiger partial charge is 0.260 e. The summed E-state index contributed by atoms with van der Waals surface area (Å²) in [5, 5.41) is 4.67. The maximum atomic E-state index is 14.4. The normalized spacial score (nSPS) is 13.7. The number of carbonyl (C=O) groups is 1. The summed E-state index contributed by atoms with van der Waals surface area (Å²) in [6.07, 6.45) is 1.16. The first-order valence-electron chi connectivity index (χ1n) is 9.42. The molecule has 0 saturated carbocycles. The highest BCUT2D eigenvalue weighted by atomic mass is 19.2. The Balaban J connectivity index is 1.65. The zero-order chi connectivity index (χ0) is 20.5. The van der Waals surface area contributed by atoms with Crippen molar-refractivity contribution < 1.29 is 18.3 Å². The van der Waals surface area contributed by atoms with Crippen LogP contribution < -0.4 is 4.74 Å². The first-order valence-corrected chi connectivity index (χ1v) is 9.42. The lowest BCUT2D eigenvalue weighted by Crippen LogP contribution is -2.34. The number of aromatic nitrogens is 2. The standard InChI is InChI=1S/C22H21F2N3O2/c1-26-17-11-13-27(22(28)19-18(29-2)9-8-16(23)20(19)24)12-10-15(17)21(25-26)14-6-4-3-5-7-14/h3-9H,10-13H2,1-2H3. The molecule has 7 heteroatoms. The number of carbonyl (C=O) groups excluding carboxylic acids is 1. The molecule has 0 atom stereocenters. The fourth-order valence-electron chi connectivity index (χ4n) is 3.87. The second kappa shape index (κ2) is 7.66. The molecule has 150 valence electrons. The molecule has 29 heavy (non-hydrogen) atoms. The highest BCUT2D eigenvalue weighted by Gasteiger charge is 2.29. The number of aryl methyl sites for hydroxylation is 1. The van der Waals surface area contributed by atoms with Crippen molar-refractivity contribution in [2.45, 2.75) is 12.8 Å². The molecule has 0 aliphatic carbocycles. The van der Waals surface area contributed by atoms with Crippen molar-refractivity contribution in [2.24, 2.45) is 7.05 Å². The van der Waals surface area contributed by atoms with E-state index in [1.165, 1.54) is 13.2 Å². The summed E-state index contributed by atoms with van der Waals surface area (Å²) in [6, 6.07) is 12.1. The average molecular weight is 397 g/mol. The van der Waals surface area contributed by atoms with Gasteiger partial charge in [0.1, 0.15) is 11.3 Å². The molecule has 0 unspecified atom stereocenters. The van der Waals surface area contributed by atoms with Crippen molar-refractivity contribution in [2.75, 3.05) is 20.2 Å². The third-order valence-corrected chi connectivity index (χ3v) is 5.35. The largest absolute Gasteiger partial charge is 0.496 e. The van der Waals surface area contributed by atoms with E-state index in [1.807, 2.05) is 42.1 Å². The maximum Gasteiger partial charge on any atom is 0.260 e. The number of hydrogen-bond acceptors (Lipinski definition) is 3. The molecule has 0 N–H and O–H groups in total. The molecule has 0 bridgehead atoms. The summed E-state index contributed by atoms with van der Waals surface area (Å²) < 4.78 is 35.1. The summed E-state index contributed by atoms with van der Waals surface area (Å²) >= 11 is 0. The van der Waals surface area contributed by atoms with Crippen LogP contribution in [0.2, 0.25) is 0 Å². The van der Waals surface area contributed by atoms with Crippen molar-refractivity contribution in [1.82, 2.24) is 14.7 Å². The van der Waals surface area contributed by atoms with Gasteiger partial charge in [-0.15, -0.1) is 0 Å². The van der Waals surface area contributed by atoms with Gasteiger partial charge in [-0.2, -0.15) is 5.10 Å². The number of ether oxygens (including phenoxy) is 1. The van der Waals surface area contributed by atoms with Gasteiger partial charge in [-0.1, -0.05) is 30.3 Å². The summed E-state index contributed by atoms with van der Waals surface area (Å²) in [6.45, 7) is 0.773. The molecule has 2 aromatic carbocycles. The SMILES string of the molecule is COc1ccc(F)c(F)c1C(=O)N1CCc2c(-c3ccccc3)nn(C)c2CC1. The summed E-state index contributed by atoms with van der Waals surface area (Å²) in [4.78, 5) is 14.6. The van der Waals surface area contributed by atoms with Crippen LogP contribution in [0.3, 0.4) is 0 Å². The van der Waals surface area contributed by atoms with Gasteiger partial charge < -0.3 is 9.64 Å². The summed E-state index contributed by atoms with van der Waals surface area (Å²) in [5.74, 6) is -2.78. The van der Waals surface area contributed by atoms with Gasteiger partial charge in [-0.05, 0) is 18.6 Å². The molecule has 1 aliphatic heterocycles. The predicted octanol–water partition coefficient (Wildman–Crippen LogP) is 3.61. The highest BCUT2D eigenvalue weighted by molar-refractivity contribution is 5.97. The molecule has 4 rings (SSSR count). The zero-order valence-electron chi connectivity index (χ0n) is 16.3. The molecule has 0 radical (unpaired) electrons. The molecule has 1 amide bonds. The van der Waals surface area contributed by atoms with E-state index in [4.69, 9.17) is 4.74 Å². The quantitative estimate of drug-likeness (QED) is 0.678. The number of nitrogens with zero attached hydrogens (tertiary/aromatic N) is 3. The van der Waals surface area contributed by atoms with Crippen LogP contribution in [-0.2, 0) is 19.9 Å². The lowest BCUT2D eigenvalue weighted by atomic mass is 10.0. The molecular formula is C22H21F2N3O2. The second-order valence-electron chi connectivity index (χ2n) is 6.99. The van der Waals surface area contributed by atoms with Crippen LogP contribution in [0.5, 0.6) is 5.75 Å². The molecule has 1 aliphatic rings. The van der Waals surface area contributed by atoms with Crippen LogP contribution in [0, 0.1) is 11.6 Å². The van der Waals surface area contributed by atoms with Gasteiger partial charge in [0.25, 0.3) is 5.91 Å². The molecule has 0 saturated heterocycles. The zero-order valence-corrected chi connectivity index (χ0v) is 16.3. The van der Waals surface area contributed by atoms with Gasteiger partial charge in [-0.25, -0.2) is 8.78 Å². The topological polar surface area (TPSA) is 47.4 Å². The van der Waals surface area contributed by atoms with Crippen molar-refractivity contribution in [1.29, 1.82) is 0 Å². The number of halogens is 2. The Hall–Kier alpha value is -3.22. The Bertz CT molecular complexity index is 1060. The minimum absolute atomic E-state index is 0.0299. The minimum atomic E-state index is -1.18. The molecule has 3 aromatic rings. The van der Waals surface area contributed by atoms with Gasteiger partial charge >= 0.3 is 0 Å². The fraction of sp³-hybridized carbons (Fsp3) is 0.273. The third-order valence-electron chi connectivity index (χ3n) is 5.35. The van der Waals surface area contributed by atoms with E-state index in [0.29, 0.717) is 25.9 Å². The number of amides is 1. The van der Waals surface area contributed by atoms with Crippen molar-refractivity contribution in [3.05, 3.63) is 70.9 Å². The highest BCUT2D eigenvalue weighted by Crippen LogP contribution is 2.30. The van der Waals surface area contributed by atoms with E-state index in [-0.39, 0.29) is 11.3 Å². The summed E-state index contributed by atoms with van der Waals surface area (Å²) in [5.41, 5.74) is 3.68. The Labute approximate surface area is 167 Å². The van der Waals surface area contributed by atoms with E-state index in [9.17, 15) is 13.6 Å². The minimum Gasteiger partial charge on any atom is -0.496 e. The number of rotatable bonds is 3. The Morgan fingerprint density at radius 3 is 2.52 bits per heavy atom. The summed E-state index contributed by atoms with van der Waals surface area (Å²) in [7, 11) is 3.22. The van der Waals surface area contributed by atoms with E-state index < -0.39 is 17.5 Å². The molecule has 1 aromatic heterocycles. The number of fused-ring (bicyclic) bond motifs is 1. The predicted molar refractivity (Wildman–Crippen MR) is 105 cm³/mol. The second-order valence-corrected chi connectivity index (χ2v) is 6.99. The van der Waals surface area contributed by atoms with Gasteiger partial charge in [-0.3, -0.25) is 9.48 Å². The van der Waals surface area contributed by atoms with Crippen LogP contribution in [0.15, 0.2) is 42.5 Å². The monoisotopic (exact) mass is 397 g/mol. The van der Waals surface area contributed by atoms with Crippen LogP contribution in [0.25, 0.3) is 11.3 Å². The van der Waals surface area contributed by atoms with Crippen LogP contribution in [0.1, 0.15) is 21.6 Å². The van der Waals surface area contributed by atoms with Gasteiger partial charge in [0.05, 0.1) is 12.8 Å². The van der Waals surface area contributed by atoms with E-state index in [1.54, 1.807) is 4.90 Å². The van der Waals surface area contributed by atoms with E-state index in [0.717, 1.165) is 28.6 Å². The van der Waals surface area contributed by atoms with Gasteiger partial charge in [0.2, 0.25) is 0 Å². The van der Waals surface area contributed by atoms with Crippen LogP contribution >= 0.6 is 0 Å². The molecular weight excluding hydrogens is 376 g/mol. The molecule has 0 spiro atoms. The maximum absolute atomic E-state index is 14.4. The van der Waals surface area contributed by atoms with Crippen molar-refractivity contribution in [3.8, 4) is 17.0 Å². The third kappa shape index (κ3) is 3.37. The van der Waals surface area contributed by atoms with Crippen molar-refractivity contribution in [3.63, 3.8) is 0 Å². The van der Waals surface area contributed by atoms with E-state index >= 15 is 0 Å². The fourth-order valence-corrected chi connectivity index (χ4v) is 3.87. The lowest BCUT2D eigenvalue weighted by molar-refractivity contribution is 0.0753. The Kier molecular flexibility index (Phi) is 5.05. The van der Waals surface area contributed by atoms with Crippen LogP contribution in [0.4, 0.5) is 8.78 Å². The Morgan fingerprint density at radius 2 is 1.79 bits per heavy atom. The van der Waals surface area contributed by atoms with Gasteiger partial charge in [0, 0.05) is 43.4 Å². The number of methoxy groups -OCH3 is 1. The lowest BCUT2D eigenvalue weighted by Gasteiger charge is -2.22. The first-order chi connectivity index (χ1) is 14.0. The Morgan fingerprint density at radius 1 is 1.07 bits per heavy atom. The van der Waals surface area contributed by atoms with Crippen molar-refractivity contribution >= 4 is 5.91 Å². The number of hydrogen-bond donors (Lipinski definition) is 0.